The standard InChI is InChI=1S/C24H18/c1-16-6-7-17-8-9-18(13-22(17)12-16)19-10-11-21-14-20-4-2-3-5-23(20)24(21)15-19/h2-13,15H,14H2,1H3. The van der Waals surface area contributed by atoms with Crippen LogP contribution in [0, 0.1) is 6.92 Å². The topological polar surface area (TPSA) is 0 Å². The van der Waals surface area contributed by atoms with Crippen LogP contribution in [0.3, 0.4) is 0 Å². The summed E-state index contributed by atoms with van der Waals surface area (Å²) in [4.78, 5) is 0. The minimum absolute atomic E-state index is 1.06. The minimum Gasteiger partial charge on any atom is -0.0619 e. The van der Waals surface area contributed by atoms with E-state index in [1.807, 2.05) is 0 Å². The SMILES string of the molecule is Cc1ccc2ccc(-c3ccc4c(c3)-c3ccccc3C4)cc2c1. The van der Waals surface area contributed by atoms with Crippen molar-refractivity contribution in [2.75, 3.05) is 0 Å². The predicted octanol–water partition coefficient (Wildman–Crippen LogP) is 6.39. The molecule has 0 N–H and O–H groups in total. The van der Waals surface area contributed by atoms with Gasteiger partial charge in [-0.2, -0.15) is 0 Å². The third-order valence-corrected chi connectivity index (χ3v) is 5.13. The maximum Gasteiger partial charge on any atom is -0.00134 e. The Hall–Kier alpha value is -2.86. The number of hydrogen-bond acceptors (Lipinski definition) is 0. The third-order valence-electron chi connectivity index (χ3n) is 5.13. The Balaban J connectivity index is 1.67. The molecular formula is C24H18. The summed E-state index contributed by atoms with van der Waals surface area (Å²) in [5.41, 5.74) is 9.57. The quantitative estimate of drug-likeness (QED) is 0.337. The van der Waals surface area contributed by atoms with Crippen LogP contribution < -0.4 is 0 Å². The van der Waals surface area contributed by atoms with E-state index < -0.39 is 0 Å². The zero-order valence-corrected chi connectivity index (χ0v) is 13.7. The fourth-order valence-electron chi connectivity index (χ4n) is 3.85. The molecule has 0 nitrogen and oxygen atoms in total. The molecule has 0 saturated carbocycles. The van der Waals surface area contributed by atoms with E-state index in [1.165, 1.54) is 49.7 Å². The van der Waals surface area contributed by atoms with Crippen LogP contribution >= 0.6 is 0 Å². The fraction of sp³-hybridized carbons (Fsp3) is 0.0833. The molecule has 24 heavy (non-hydrogen) atoms. The van der Waals surface area contributed by atoms with Crippen molar-refractivity contribution in [1.82, 2.24) is 0 Å². The van der Waals surface area contributed by atoms with Gasteiger partial charge in [0.2, 0.25) is 0 Å². The van der Waals surface area contributed by atoms with Gasteiger partial charge in [-0.05, 0) is 69.6 Å². The van der Waals surface area contributed by atoms with Gasteiger partial charge < -0.3 is 0 Å². The molecule has 0 heterocycles. The average molecular weight is 306 g/mol. The molecule has 5 rings (SSSR count). The summed E-state index contributed by atoms with van der Waals surface area (Å²) >= 11 is 0. The molecule has 0 saturated heterocycles. The lowest BCUT2D eigenvalue weighted by molar-refractivity contribution is 1.26. The van der Waals surface area contributed by atoms with E-state index in [2.05, 4.69) is 85.8 Å². The third kappa shape index (κ3) is 2.07. The Morgan fingerprint density at radius 3 is 2.29 bits per heavy atom. The summed E-state index contributed by atoms with van der Waals surface area (Å²) in [5.74, 6) is 0. The molecule has 0 fully saturated rings. The van der Waals surface area contributed by atoms with Crippen molar-refractivity contribution in [3.63, 3.8) is 0 Å². The summed E-state index contributed by atoms with van der Waals surface area (Å²) in [6.45, 7) is 2.15. The van der Waals surface area contributed by atoms with Crippen LogP contribution in [-0.2, 0) is 6.42 Å². The van der Waals surface area contributed by atoms with Crippen LogP contribution in [0.5, 0.6) is 0 Å². The highest BCUT2D eigenvalue weighted by Crippen LogP contribution is 2.39. The fourth-order valence-corrected chi connectivity index (χ4v) is 3.85. The first-order valence-corrected chi connectivity index (χ1v) is 8.50. The van der Waals surface area contributed by atoms with E-state index in [0.29, 0.717) is 0 Å². The molecule has 1 aliphatic rings. The maximum absolute atomic E-state index is 2.36. The molecule has 0 aliphatic heterocycles. The molecule has 0 radical (unpaired) electrons. The number of hydrogen-bond donors (Lipinski definition) is 0. The number of aryl methyl sites for hydroxylation is 1. The van der Waals surface area contributed by atoms with Crippen LogP contribution in [0.2, 0.25) is 0 Å². The Bertz CT molecular complexity index is 1090. The monoisotopic (exact) mass is 306 g/mol. The Morgan fingerprint density at radius 2 is 1.33 bits per heavy atom. The summed E-state index contributed by atoms with van der Waals surface area (Å²) in [7, 11) is 0. The van der Waals surface area contributed by atoms with Gasteiger partial charge in [0.05, 0.1) is 0 Å². The van der Waals surface area contributed by atoms with E-state index in [1.54, 1.807) is 0 Å². The van der Waals surface area contributed by atoms with E-state index in [9.17, 15) is 0 Å². The van der Waals surface area contributed by atoms with Crippen LogP contribution in [0.1, 0.15) is 16.7 Å². The highest BCUT2D eigenvalue weighted by molar-refractivity contribution is 5.89. The van der Waals surface area contributed by atoms with Crippen LogP contribution in [-0.4, -0.2) is 0 Å². The maximum atomic E-state index is 2.36. The molecule has 4 aromatic carbocycles. The van der Waals surface area contributed by atoms with Crippen molar-refractivity contribution in [2.45, 2.75) is 13.3 Å². The molecule has 0 heteroatoms. The summed E-state index contributed by atoms with van der Waals surface area (Å²) in [5, 5.41) is 2.62. The molecular weight excluding hydrogens is 288 g/mol. The highest BCUT2D eigenvalue weighted by Gasteiger charge is 2.18. The molecule has 0 atom stereocenters. The first-order chi connectivity index (χ1) is 11.8. The number of fused-ring (bicyclic) bond motifs is 4. The van der Waals surface area contributed by atoms with Crippen LogP contribution in [0.25, 0.3) is 33.0 Å². The molecule has 114 valence electrons. The summed E-state index contributed by atoms with van der Waals surface area (Å²) in [6.07, 6.45) is 1.06. The van der Waals surface area contributed by atoms with Crippen molar-refractivity contribution in [2.24, 2.45) is 0 Å². The lowest BCUT2D eigenvalue weighted by Gasteiger charge is -2.08. The van der Waals surface area contributed by atoms with E-state index >= 15 is 0 Å². The van der Waals surface area contributed by atoms with Gasteiger partial charge in [0.15, 0.2) is 0 Å². The Labute approximate surface area is 142 Å². The van der Waals surface area contributed by atoms with Gasteiger partial charge in [-0.3, -0.25) is 0 Å². The minimum atomic E-state index is 1.06. The smallest absolute Gasteiger partial charge is 0.00134 e. The van der Waals surface area contributed by atoms with E-state index in [-0.39, 0.29) is 0 Å². The summed E-state index contributed by atoms with van der Waals surface area (Å²) in [6, 6.07) is 29.1. The molecule has 0 amide bonds. The van der Waals surface area contributed by atoms with Gasteiger partial charge in [-0.1, -0.05) is 72.3 Å². The number of benzene rings is 4. The van der Waals surface area contributed by atoms with Crippen molar-refractivity contribution in [3.8, 4) is 22.3 Å². The number of rotatable bonds is 1. The molecule has 0 unspecified atom stereocenters. The summed E-state index contributed by atoms with van der Waals surface area (Å²) < 4.78 is 0. The van der Waals surface area contributed by atoms with E-state index in [4.69, 9.17) is 0 Å². The molecule has 4 aromatic rings. The van der Waals surface area contributed by atoms with Gasteiger partial charge in [-0.25, -0.2) is 0 Å². The highest BCUT2D eigenvalue weighted by atomic mass is 14.2. The Kier molecular flexibility index (Phi) is 2.87. The van der Waals surface area contributed by atoms with Gasteiger partial charge >= 0.3 is 0 Å². The van der Waals surface area contributed by atoms with Crippen molar-refractivity contribution < 1.29 is 0 Å². The van der Waals surface area contributed by atoms with Crippen LogP contribution in [0.15, 0.2) is 78.9 Å². The lowest BCUT2D eigenvalue weighted by Crippen LogP contribution is -1.84. The first kappa shape index (κ1) is 13.6. The predicted molar refractivity (Wildman–Crippen MR) is 102 cm³/mol. The zero-order chi connectivity index (χ0) is 16.1. The Morgan fingerprint density at radius 1 is 0.583 bits per heavy atom. The van der Waals surface area contributed by atoms with Crippen LogP contribution in [0.4, 0.5) is 0 Å². The molecule has 0 bridgehead atoms. The van der Waals surface area contributed by atoms with Crippen molar-refractivity contribution >= 4 is 10.8 Å². The first-order valence-electron chi connectivity index (χ1n) is 8.50. The van der Waals surface area contributed by atoms with Gasteiger partial charge in [-0.15, -0.1) is 0 Å². The molecule has 0 spiro atoms. The molecule has 1 aliphatic carbocycles. The second kappa shape index (κ2) is 5.07. The van der Waals surface area contributed by atoms with E-state index in [0.717, 1.165) is 6.42 Å². The van der Waals surface area contributed by atoms with Crippen molar-refractivity contribution in [3.05, 3.63) is 95.6 Å². The second-order valence-corrected chi connectivity index (χ2v) is 6.77. The molecule has 0 aromatic heterocycles. The van der Waals surface area contributed by atoms with Gasteiger partial charge in [0, 0.05) is 0 Å². The largest absolute Gasteiger partial charge is 0.0619 e. The zero-order valence-electron chi connectivity index (χ0n) is 13.7. The second-order valence-electron chi connectivity index (χ2n) is 6.77. The normalized spacial score (nSPS) is 12.2. The van der Waals surface area contributed by atoms with Crippen molar-refractivity contribution in [1.29, 1.82) is 0 Å². The van der Waals surface area contributed by atoms with Gasteiger partial charge in [0.1, 0.15) is 0 Å². The lowest BCUT2D eigenvalue weighted by atomic mass is 9.96. The van der Waals surface area contributed by atoms with Gasteiger partial charge in [0.25, 0.3) is 0 Å². The average Bonchev–Trinajstić information content (AvgIpc) is 2.99.